The molecule has 0 radical (unpaired) electrons. The molecule has 5 heteroatoms. The molecule has 0 spiro atoms. The molecule has 1 aromatic carbocycles. The zero-order valence-corrected chi connectivity index (χ0v) is 12.4. The Kier molecular flexibility index (Phi) is 4.93. The lowest BCUT2D eigenvalue weighted by Gasteiger charge is -2.14. The van der Waals surface area contributed by atoms with Gasteiger partial charge in [0.05, 0.1) is 5.69 Å². The van der Waals surface area contributed by atoms with E-state index in [1.807, 2.05) is 0 Å². The SMILES string of the molecule is CCc1nnc(Oc2ccc(Cl)cc2)c(CN)c1CC. The molecule has 0 unspecified atom stereocenters. The zero-order chi connectivity index (χ0) is 14.5. The van der Waals surface area contributed by atoms with Gasteiger partial charge in [0.15, 0.2) is 0 Å². The van der Waals surface area contributed by atoms with Crippen molar-refractivity contribution < 1.29 is 4.74 Å². The van der Waals surface area contributed by atoms with Crippen LogP contribution in [0.1, 0.15) is 30.7 Å². The average Bonchev–Trinajstić information content (AvgIpc) is 2.48. The molecule has 0 aliphatic rings. The van der Waals surface area contributed by atoms with Crippen LogP contribution in [0, 0.1) is 0 Å². The molecule has 0 amide bonds. The average molecular weight is 292 g/mol. The van der Waals surface area contributed by atoms with Crippen LogP contribution in [-0.4, -0.2) is 10.2 Å². The zero-order valence-electron chi connectivity index (χ0n) is 11.7. The van der Waals surface area contributed by atoms with Crippen LogP contribution in [0.5, 0.6) is 11.6 Å². The number of aryl methyl sites for hydroxylation is 1. The highest BCUT2D eigenvalue weighted by atomic mass is 35.5. The van der Waals surface area contributed by atoms with Crippen LogP contribution in [-0.2, 0) is 19.4 Å². The maximum absolute atomic E-state index is 5.86. The highest BCUT2D eigenvalue weighted by Gasteiger charge is 2.14. The predicted molar refractivity (Wildman–Crippen MR) is 80.2 cm³/mol. The first kappa shape index (κ1) is 14.8. The monoisotopic (exact) mass is 291 g/mol. The Balaban J connectivity index is 2.38. The summed E-state index contributed by atoms with van der Waals surface area (Å²) in [5.74, 6) is 1.15. The van der Waals surface area contributed by atoms with E-state index in [0.717, 1.165) is 29.7 Å². The number of hydrogen-bond acceptors (Lipinski definition) is 4. The predicted octanol–water partition coefficient (Wildman–Crippen LogP) is 3.51. The van der Waals surface area contributed by atoms with Crippen LogP contribution < -0.4 is 10.5 Å². The van der Waals surface area contributed by atoms with E-state index in [4.69, 9.17) is 22.1 Å². The molecule has 2 rings (SSSR count). The van der Waals surface area contributed by atoms with Gasteiger partial charge in [0.25, 0.3) is 0 Å². The first-order valence-electron chi connectivity index (χ1n) is 6.70. The number of benzene rings is 1. The fourth-order valence-electron chi connectivity index (χ4n) is 2.14. The van der Waals surface area contributed by atoms with Crippen LogP contribution in [0.4, 0.5) is 0 Å². The van der Waals surface area contributed by atoms with Crippen molar-refractivity contribution in [1.29, 1.82) is 0 Å². The van der Waals surface area contributed by atoms with E-state index in [2.05, 4.69) is 24.0 Å². The fourth-order valence-corrected chi connectivity index (χ4v) is 2.26. The Morgan fingerprint density at radius 2 is 1.75 bits per heavy atom. The van der Waals surface area contributed by atoms with Crippen molar-refractivity contribution in [3.63, 3.8) is 0 Å². The number of halogens is 1. The Hall–Kier alpha value is -1.65. The molecule has 0 saturated heterocycles. The van der Waals surface area contributed by atoms with Crippen molar-refractivity contribution >= 4 is 11.6 Å². The van der Waals surface area contributed by atoms with Crippen LogP contribution in [0.2, 0.25) is 5.02 Å². The Morgan fingerprint density at radius 1 is 1.05 bits per heavy atom. The molecule has 0 saturated carbocycles. The number of ether oxygens (including phenoxy) is 1. The summed E-state index contributed by atoms with van der Waals surface area (Å²) in [6.45, 7) is 4.53. The summed E-state index contributed by atoms with van der Waals surface area (Å²) in [5, 5.41) is 9.06. The second kappa shape index (κ2) is 6.68. The third-order valence-electron chi connectivity index (χ3n) is 3.15. The van der Waals surface area contributed by atoms with Crippen LogP contribution in [0.3, 0.4) is 0 Å². The molecular weight excluding hydrogens is 274 g/mol. The van der Waals surface area contributed by atoms with Gasteiger partial charge in [-0.3, -0.25) is 0 Å². The molecule has 0 aliphatic carbocycles. The molecular formula is C15H18ClN3O. The van der Waals surface area contributed by atoms with Crippen molar-refractivity contribution in [3.05, 3.63) is 46.1 Å². The van der Waals surface area contributed by atoms with Crippen molar-refractivity contribution in [2.45, 2.75) is 33.2 Å². The second-order valence-corrected chi connectivity index (χ2v) is 4.81. The number of aromatic nitrogens is 2. The van der Waals surface area contributed by atoms with Gasteiger partial charge in [-0.25, -0.2) is 0 Å². The first-order valence-corrected chi connectivity index (χ1v) is 7.08. The number of nitrogens with two attached hydrogens (primary N) is 1. The largest absolute Gasteiger partial charge is 0.437 e. The fraction of sp³-hybridized carbons (Fsp3) is 0.333. The van der Waals surface area contributed by atoms with Gasteiger partial charge in [-0.2, -0.15) is 5.10 Å². The summed E-state index contributed by atoms with van der Waals surface area (Å²) >= 11 is 5.86. The minimum atomic E-state index is 0.384. The molecule has 0 fully saturated rings. The molecule has 20 heavy (non-hydrogen) atoms. The topological polar surface area (TPSA) is 61.0 Å². The van der Waals surface area contributed by atoms with Gasteiger partial charge in [0.2, 0.25) is 5.88 Å². The van der Waals surface area contributed by atoms with E-state index in [1.54, 1.807) is 24.3 Å². The molecule has 2 N–H and O–H groups in total. The van der Waals surface area contributed by atoms with Crippen molar-refractivity contribution in [2.24, 2.45) is 5.73 Å². The van der Waals surface area contributed by atoms with E-state index in [1.165, 1.54) is 0 Å². The van der Waals surface area contributed by atoms with E-state index in [9.17, 15) is 0 Å². The molecule has 106 valence electrons. The molecule has 2 aromatic rings. The van der Waals surface area contributed by atoms with Crippen molar-refractivity contribution in [1.82, 2.24) is 10.2 Å². The summed E-state index contributed by atoms with van der Waals surface area (Å²) < 4.78 is 5.79. The summed E-state index contributed by atoms with van der Waals surface area (Å²) in [6, 6.07) is 7.13. The highest BCUT2D eigenvalue weighted by molar-refractivity contribution is 6.30. The summed E-state index contributed by atoms with van der Waals surface area (Å²) in [7, 11) is 0. The third kappa shape index (κ3) is 3.08. The lowest BCUT2D eigenvalue weighted by Crippen LogP contribution is -2.10. The Bertz CT molecular complexity index is 584. The molecule has 0 bridgehead atoms. The standard InChI is InChI=1S/C15H18ClN3O/c1-3-12-13(9-17)15(19-18-14(12)4-2)20-11-7-5-10(16)6-8-11/h5-8H,3-4,9,17H2,1-2H3. The number of hydrogen-bond donors (Lipinski definition) is 1. The lowest BCUT2D eigenvalue weighted by atomic mass is 10.0. The first-order chi connectivity index (χ1) is 9.69. The van der Waals surface area contributed by atoms with Gasteiger partial charge < -0.3 is 10.5 Å². The third-order valence-corrected chi connectivity index (χ3v) is 3.41. The van der Waals surface area contributed by atoms with Gasteiger partial charge in [0.1, 0.15) is 5.75 Å². The van der Waals surface area contributed by atoms with E-state index < -0.39 is 0 Å². The van der Waals surface area contributed by atoms with E-state index >= 15 is 0 Å². The smallest absolute Gasteiger partial charge is 0.243 e. The van der Waals surface area contributed by atoms with Gasteiger partial charge in [0, 0.05) is 17.1 Å². The summed E-state index contributed by atoms with van der Waals surface area (Å²) in [6.07, 6.45) is 1.70. The van der Waals surface area contributed by atoms with Crippen LogP contribution >= 0.6 is 11.6 Å². The van der Waals surface area contributed by atoms with Crippen LogP contribution in [0.15, 0.2) is 24.3 Å². The minimum Gasteiger partial charge on any atom is -0.437 e. The molecule has 4 nitrogen and oxygen atoms in total. The summed E-state index contributed by atoms with van der Waals surface area (Å²) in [5.41, 5.74) is 8.90. The minimum absolute atomic E-state index is 0.384. The van der Waals surface area contributed by atoms with Gasteiger partial charge in [-0.05, 0) is 42.7 Å². The lowest BCUT2D eigenvalue weighted by molar-refractivity contribution is 0.445. The molecule has 1 aromatic heterocycles. The van der Waals surface area contributed by atoms with Crippen molar-refractivity contribution in [2.75, 3.05) is 0 Å². The molecule has 0 atom stereocenters. The maximum Gasteiger partial charge on any atom is 0.243 e. The van der Waals surface area contributed by atoms with Gasteiger partial charge in [-0.15, -0.1) is 5.10 Å². The summed E-state index contributed by atoms with van der Waals surface area (Å²) in [4.78, 5) is 0. The maximum atomic E-state index is 5.86. The van der Waals surface area contributed by atoms with E-state index in [0.29, 0.717) is 23.2 Å². The Labute approximate surface area is 123 Å². The van der Waals surface area contributed by atoms with Crippen LogP contribution in [0.25, 0.3) is 0 Å². The number of rotatable bonds is 5. The van der Waals surface area contributed by atoms with Gasteiger partial charge >= 0.3 is 0 Å². The molecule has 0 aliphatic heterocycles. The second-order valence-electron chi connectivity index (χ2n) is 4.38. The molecule has 1 heterocycles. The normalized spacial score (nSPS) is 10.6. The van der Waals surface area contributed by atoms with Gasteiger partial charge in [-0.1, -0.05) is 25.4 Å². The quantitative estimate of drug-likeness (QED) is 0.916. The Morgan fingerprint density at radius 3 is 2.30 bits per heavy atom. The van der Waals surface area contributed by atoms with Crippen molar-refractivity contribution in [3.8, 4) is 11.6 Å². The van der Waals surface area contributed by atoms with E-state index in [-0.39, 0.29) is 0 Å². The number of nitrogens with zero attached hydrogens (tertiary/aromatic N) is 2. The highest BCUT2D eigenvalue weighted by Crippen LogP contribution is 2.27.